The highest BCUT2D eigenvalue weighted by Gasteiger charge is 2.46. The lowest BCUT2D eigenvalue weighted by molar-refractivity contribution is 0.117. The Bertz CT molecular complexity index is 886. The van der Waals surface area contributed by atoms with Crippen molar-refractivity contribution in [2.24, 2.45) is 0 Å². The Morgan fingerprint density at radius 1 is 1.21 bits per heavy atom. The third-order valence-corrected chi connectivity index (χ3v) is 7.98. The van der Waals surface area contributed by atoms with Gasteiger partial charge in [0.1, 0.15) is 11.0 Å². The topological polar surface area (TPSA) is 63.6 Å². The molecule has 5 heteroatoms. The standard InChI is InChI=1S/C23H32O4S/c1-5-7-17(12-18-10-15(3)23(24)16(4)11-18)8-9-20-22-19(6-2)14-28(25,26)21(22)13-27-20/h10-12,20-21,24H,5-9,13-14H2,1-4H3/b17-12+/t20-,21+/m1/s1. The fourth-order valence-electron chi connectivity index (χ4n) is 4.53. The van der Waals surface area contributed by atoms with Crippen LogP contribution in [0, 0.1) is 13.8 Å². The Hall–Kier alpha value is -1.59. The Labute approximate surface area is 169 Å². The van der Waals surface area contributed by atoms with Crippen LogP contribution in [-0.2, 0) is 14.6 Å². The average molecular weight is 405 g/mol. The fourth-order valence-corrected chi connectivity index (χ4v) is 6.58. The van der Waals surface area contributed by atoms with E-state index in [0.29, 0.717) is 12.4 Å². The van der Waals surface area contributed by atoms with Gasteiger partial charge in [-0.1, -0.05) is 37.5 Å². The lowest BCUT2D eigenvalue weighted by Crippen LogP contribution is -2.19. The molecular weight excluding hydrogens is 372 g/mol. The molecule has 2 aliphatic rings. The van der Waals surface area contributed by atoms with E-state index in [1.807, 2.05) is 32.9 Å². The molecule has 2 aliphatic heterocycles. The highest BCUT2D eigenvalue weighted by molar-refractivity contribution is 7.92. The Balaban J connectivity index is 1.77. The lowest BCUT2D eigenvalue weighted by atomic mass is 9.94. The summed E-state index contributed by atoms with van der Waals surface area (Å²) >= 11 is 0. The van der Waals surface area contributed by atoms with Crippen LogP contribution in [0.5, 0.6) is 5.75 Å². The number of hydrogen-bond donors (Lipinski definition) is 1. The molecule has 154 valence electrons. The summed E-state index contributed by atoms with van der Waals surface area (Å²) in [5.74, 6) is 0.577. The van der Waals surface area contributed by atoms with E-state index < -0.39 is 15.1 Å². The number of rotatable bonds is 7. The molecule has 4 nitrogen and oxygen atoms in total. The summed E-state index contributed by atoms with van der Waals surface area (Å²) in [4.78, 5) is 0. The quantitative estimate of drug-likeness (QED) is 0.658. The van der Waals surface area contributed by atoms with Crippen molar-refractivity contribution in [3.05, 3.63) is 45.5 Å². The van der Waals surface area contributed by atoms with Gasteiger partial charge in [-0.05, 0) is 73.9 Å². The van der Waals surface area contributed by atoms with Crippen molar-refractivity contribution >= 4 is 15.9 Å². The molecule has 3 rings (SSSR count). The first kappa shape index (κ1) is 21.1. The van der Waals surface area contributed by atoms with Crippen molar-refractivity contribution in [3.63, 3.8) is 0 Å². The number of ether oxygens (including phenoxy) is 1. The molecule has 1 N–H and O–H groups in total. The summed E-state index contributed by atoms with van der Waals surface area (Å²) in [5.41, 5.74) is 6.35. The van der Waals surface area contributed by atoms with Crippen LogP contribution in [0.2, 0.25) is 0 Å². The lowest BCUT2D eigenvalue weighted by Gasteiger charge is -2.15. The molecule has 0 unspecified atom stereocenters. The Morgan fingerprint density at radius 2 is 1.89 bits per heavy atom. The first-order chi connectivity index (χ1) is 13.3. The van der Waals surface area contributed by atoms with Gasteiger partial charge in [0.05, 0.1) is 18.5 Å². The third kappa shape index (κ3) is 4.20. The number of aryl methyl sites for hydroxylation is 2. The predicted octanol–water partition coefficient (Wildman–Crippen LogP) is 4.88. The molecule has 1 aromatic carbocycles. The molecule has 0 amide bonds. The highest BCUT2D eigenvalue weighted by Crippen LogP contribution is 2.39. The van der Waals surface area contributed by atoms with Gasteiger partial charge >= 0.3 is 0 Å². The number of allylic oxidation sites excluding steroid dienone is 1. The summed E-state index contributed by atoms with van der Waals surface area (Å²) in [7, 11) is -3.07. The van der Waals surface area contributed by atoms with Gasteiger partial charge in [-0.15, -0.1) is 0 Å². The molecule has 0 aliphatic carbocycles. The van der Waals surface area contributed by atoms with E-state index in [-0.39, 0.29) is 11.9 Å². The van der Waals surface area contributed by atoms with Crippen LogP contribution in [0.15, 0.2) is 28.9 Å². The summed E-state index contributed by atoms with van der Waals surface area (Å²) in [6, 6.07) is 4.03. The van der Waals surface area contributed by atoms with Gasteiger partial charge in [-0.3, -0.25) is 0 Å². The number of aromatic hydroxyl groups is 1. The van der Waals surface area contributed by atoms with E-state index in [0.717, 1.165) is 59.9 Å². The van der Waals surface area contributed by atoms with Crippen LogP contribution in [0.3, 0.4) is 0 Å². The molecule has 0 saturated carbocycles. The number of fused-ring (bicyclic) bond motifs is 1. The van der Waals surface area contributed by atoms with Crippen LogP contribution < -0.4 is 0 Å². The van der Waals surface area contributed by atoms with Gasteiger partial charge in [0, 0.05) is 0 Å². The Morgan fingerprint density at radius 3 is 2.50 bits per heavy atom. The van der Waals surface area contributed by atoms with Crippen molar-refractivity contribution < 1.29 is 18.3 Å². The third-order valence-electron chi connectivity index (χ3n) is 5.97. The molecule has 0 radical (unpaired) electrons. The monoisotopic (exact) mass is 404 g/mol. The molecule has 1 aromatic rings. The highest BCUT2D eigenvalue weighted by atomic mass is 32.2. The van der Waals surface area contributed by atoms with E-state index in [4.69, 9.17) is 4.74 Å². The molecule has 2 atom stereocenters. The van der Waals surface area contributed by atoms with Crippen LogP contribution >= 0.6 is 0 Å². The molecule has 1 saturated heterocycles. The van der Waals surface area contributed by atoms with Crippen molar-refractivity contribution in [3.8, 4) is 5.75 Å². The van der Waals surface area contributed by atoms with E-state index in [1.165, 1.54) is 5.57 Å². The minimum Gasteiger partial charge on any atom is -0.507 e. The van der Waals surface area contributed by atoms with Gasteiger partial charge in [0.25, 0.3) is 0 Å². The van der Waals surface area contributed by atoms with E-state index in [2.05, 4.69) is 13.0 Å². The largest absolute Gasteiger partial charge is 0.507 e. The zero-order valence-electron chi connectivity index (χ0n) is 17.4. The minimum atomic E-state index is -3.07. The van der Waals surface area contributed by atoms with Gasteiger partial charge in [0.2, 0.25) is 0 Å². The molecular formula is C23H32O4S. The Kier molecular flexibility index (Phi) is 6.35. The molecule has 28 heavy (non-hydrogen) atoms. The molecule has 1 fully saturated rings. The number of benzene rings is 1. The minimum absolute atomic E-state index is 0.0687. The van der Waals surface area contributed by atoms with Crippen LogP contribution in [0.4, 0.5) is 0 Å². The zero-order chi connectivity index (χ0) is 20.5. The number of phenols is 1. The second-order valence-electron chi connectivity index (χ2n) is 8.12. The van der Waals surface area contributed by atoms with Crippen LogP contribution in [0.25, 0.3) is 6.08 Å². The normalized spacial score (nSPS) is 24.1. The van der Waals surface area contributed by atoms with E-state index in [1.54, 1.807) is 0 Å². The van der Waals surface area contributed by atoms with Gasteiger partial charge in [0.15, 0.2) is 9.84 Å². The summed E-state index contributed by atoms with van der Waals surface area (Å²) in [6.45, 7) is 8.36. The summed E-state index contributed by atoms with van der Waals surface area (Å²) < 4.78 is 30.7. The first-order valence-corrected chi connectivity index (χ1v) is 12.0. The summed E-state index contributed by atoms with van der Waals surface area (Å²) in [6.07, 6.45) is 6.73. The van der Waals surface area contributed by atoms with Gasteiger partial charge in [-0.25, -0.2) is 8.42 Å². The van der Waals surface area contributed by atoms with Gasteiger partial charge < -0.3 is 9.84 Å². The summed E-state index contributed by atoms with van der Waals surface area (Å²) in [5, 5.41) is 9.59. The first-order valence-electron chi connectivity index (χ1n) is 10.3. The fraction of sp³-hybridized carbons (Fsp3) is 0.565. The number of sulfone groups is 1. The van der Waals surface area contributed by atoms with Crippen LogP contribution in [-0.4, -0.2) is 37.2 Å². The van der Waals surface area contributed by atoms with E-state index in [9.17, 15) is 13.5 Å². The SMILES string of the molecule is CCC/C(=C\c1cc(C)c(O)c(C)c1)CC[C@H]1OC[C@H]2C1=C(CC)CS2(=O)=O. The maximum atomic E-state index is 12.4. The smallest absolute Gasteiger partial charge is 0.163 e. The van der Waals surface area contributed by atoms with Crippen molar-refractivity contribution in [2.45, 2.75) is 71.2 Å². The van der Waals surface area contributed by atoms with Crippen molar-refractivity contribution in [2.75, 3.05) is 12.4 Å². The molecule has 0 bridgehead atoms. The van der Waals surface area contributed by atoms with Crippen LogP contribution in [0.1, 0.15) is 62.6 Å². The molecule has 2 heterocycles. The van der Waals surface area contributed by atoms with Crippen molar-refractivity contribution in [1.29, 1.82) is 0 Å². The number of hydrogen-bond acceptors (Lipinski definition) is 4. The van der Waals surface area contributed by atoms with E-state index >= 15 is 0 Å². The predicted molar refractivity (Wildman–Crippen MR) is 114 cm³/mol. The molecule has 0 spiro atoms. The molecule has 0 aromatic heterocycles. The maximum absolute atomic E-state index is 12.4. The second-order valence-corrected chi connectivity index (χ2v) is 10.3. The average Bonchev–Trinajstić information content (AvgIpc) is 3.17. The number of phenolic OH excluding ortho intramolecular Hbond substituents is 1. The van der Waals surface area contributed by atoms with Gasteiger partial charge in [-0.2, -0.15) is 0 Å². The maximum Gasteiger partial charge on any atom is 0.163 e. The zero-order valence-corrected chi connectivity index (χ0v) is 18.2. The van der Waals surface area contributed by atoms with Crippen molar-refractivity contribution in [1.82, 2.24) is 0 Å². The second kappa shape index (κ2) is 8.42.